The van der Waals surface area contributed by atoms with E-state index in [0.29, 0.717) is 28.0 Å². The van der Waals surface area contributed by atoms with Crippen molar-refractivity contribution in [2.75, 3.05) is 17.8 Å². The van der Waals surface area contributed by atoms with E-state index in [4.69, 9.17) is 10.6 Å². The van der Waals surface area contributed by atoms with E-state index in [-0.39, 0.29) is 18.4 Å². The molecule has 3 N–H and O–H groups in total. The molecule has 3 aromatic carbocycles. The standard InChI is InChI=1S/C32H31N5O3S2/c1-3-40-31(39)25-20-26(23-15-9-5-10-16-23)41-30(25)34-29(38)28(24-17-11-6-12-18-24)42-32-36-35-27(37(32)33)19-21(2)22-13-7-4-8-14-22/h4-18,20-21,28H,3,19,33H2,1-2H3,(H,34,38)/t21-,28+/m1/s1. The number of ether oxygens (including phenoxy) is 1. The van der Waals surface area contributed by atoms with Gasteiger partial charge in [0.2, 0.25) is 11.1 Å². The number of thioether (sulfide) groups is 1. The lowest BCUT2D eigenvalue weighted by atomic mass is 9.98. The van der Waals surface area contributed by atoms with Gasteiger partial charge in [-0.25, -0.2) is 9.47 Å². The van der Waals surface area contributed by atoms with Crippen LogP contribution in [-0.4, -0.2) is 33.4 Å². The Morgan fingerprint density at radius 1 is 0.952 bits per heavy atom. The maximum Gasteiger partial charge on any atom is 0.341 e. The normalized spacial score (nSPS) is 12.4. The summed E-state index contributed by atoms with van der Waals surface area (Å²) < 4.78 is 6.75. The predicted octanol–water partition coefficient (Wildman–Crippen LogP) is 6.72. The van der Waals surface area contributed by atoms with Crippen molar-refractivity contribution in [2.24, 2.45) is 0 Å². The highest BCUT2D eigenvalue weighted by molar-refractivity contribution is 8.00. The van der Waals surface area contributed by atoms with E-state index in [0.717, 1.165) is 16.0 Å². The number of anilines is 1. The van der Waals surface area contributed by atoms with Crippen molar-refractivity contribution in [3.63, 3.8) is 0 Å². The minimum absolute atomic E-state index is 0.183. The summed E-state index contributed by atoms with van der Waals surface area (Å²) >= 11 is 2.53. The molecule has 0 bridgehead atoms. The molecule has 42 heavy (non-hydrogen) atoms. The van der Waals surface area contributed by atoms with E-state index >= 15 is 0 Å². The maximum absolute atomic E-state index is 13.9. The zero-order valence-electron chi connectivity index (χ0n) is 23.3. The van der Waals surface area contributed by atoms with Gasteiger partial charge in [0, 0.05) is 11.3 Å². The molecule has 5 aromatic rings. The minimum Gasteiger partial charge on any atom is -0.462 e. The predicted molar refractivity (Wildman–Crippen MR) is 168 cm³/mol. The molecule has 0 aliphatic rings. The highest BCUT2D eigenvalue weighted by Crippen LogP contribution is 2.39. The van der Waals surface area contributed by atoms with Gasteiger partial charge in [-0.15, -0.1) is 21.5 Å². The summed E-state index contributed by atoms with van der Waals surface area (Å²) in [7, 11) is 0. The first-order valence-electron chi connectivity index (χ1n) is 13.6. The number of thiophene rings is 1. The summed E-state index contributed by atoms with van der Waals surface area (Å²) in [6.07, 6.45) is 0.594. The Morgan fingerprint density at radius 2 is 1.57 bits per heavy atom. The second kappa shape index (κ2) is 13.5. The Kier molecular flexibility index (Phi) is 9.35. The molecule has 0 radical (unpaired) electrons. The fraction of sp³-hybridized carbons (Fsp3) is 0.188. The molecular weight excluding hydrogens is 567 g/mol. The first-order chi connectivity index (χ1) is 20.4. The van der Waals surface area contributed by atoms with Crippen molar-refractivity contribution in [3.05, 3.63) is 120 Å². The molecule has 8 nitrogen and oxygen atoms in total. The molecule has 0 saturated carbocycles. The van der Waals surface area contributed by atoms with E-state index < -0.39 is 11.2 Å². The SMILES string of the molecule is CCOC(=O)c1cc(-c2ccccc2)sc1NC(=O)[C@@H](Sc1nnc(C[C@@H](C)c2ccccc2)n1N)c1ccccc1. The van der Waals surface area contributed by atoms with Gasteiger partial charge in [-0.1, -0.05) is 110 Å². The zero-order chi connectivity index (χ0) is 29.5. The highest BCUT2D eigenvalue weighted by Gasteiger charge is 2.28. The lowest BCUT2D eigenvalue weighted by molar-refractivity contribution is -0.115. The quantitative estimate of drug-likeness (QED) is 0.0988. The number of carbonyl (C=O) groups is 2. The Morgan fingerprint density at radius 3 is 2.21 bits per heavy atom. The second-order valence-electron chi connectivity index (χ2n) is 9.62. The van der Waals surface area contributed by atoms with Crippen LogP contribution in [0.15, 0.2) is 102 Å². The number of benzene rings is 3. The molecule has 2 atom stereocenters. The Balaban J connectivity index is 1.42. The molecule has 5 rings (SSSR count). The number of nitrogen functional groups attached to an aromatic ring is 1. The number of nitrogens with one attached hydrogen (secondary N) is 1. The van der Waals surface area contributed by atoms with Gasteiger partial charge in [0.1, 0.15) is 10.3 Å². The van der Waals surface area contributed by atoms with Gasteiger partial charge < -0.3 is 15.9 Å². The van der Waals surface area contributed by atoms with Crippen LogP contribution in [0.2, 0.25) is 0 Å². The monoisotopic (exact) mass is 597 g/mol. The number of nitrogens with zero attached hydrogens (tertiary/aromatic N) is 3. The minimum atomic E-state index is -0.714. The second-order valence-corrected chi connectivity index (χ2v) is 11.7. The van der Waals surface area contributed by atoms with Gasteiger partial charge in [-0.3, -0.25) is 4.79 Å². The number of nitrogens with two attached hydrogens (primary N) is 1. The van der Waals surface area contributed by atoms with Crippen LogP contribution in [0.3, 0.4) is 0 Å². The van der Waals surface area contributed by atoms with E-state index in [2.05, 4.69) is 34.6 Å². The third-order valence-corrected chi connectivity index (χ3v) is 8.99. The Hall–Kier alpha value is -4.41. The fourth-order valence-corrected chi connectivity index (χ4v) is 6.50. The van der Waals surface area contributed by atoms with Crippen LogP contribution in [0.1, 0.15) is 52.3 Å². The lowest BCUT2D eigenvalue weighted by Gasteiger charge is -2.17. The summed E-state index contributed by atoms with van der Waals surface area (Å²) in [5.41, 5.74) is 3.19. The van der Waals surface area contributed by atoms with Crippen molar-refractivity contribution in [2.45, 2.75) is 36.6 Å². The van der Waals surface area contributed by atoms with Crippen LogP contribution < -0.4 is 11.2 Å². The topological polar surface area (TPSA) is 112 Å². The van der Waals surface area contributed by atoms with Crippen LogP contribution in [0, 0.1) is 0 Å². The van der Waals surface area contributed by atoms with Gasteiger partial charge in [0.05, 0.1) is 12.2 Å². The van der Waals surface area contributed by atoms with Crippen LogP contribution in [0.4, 0.5) is 5.00 Å². The number of rotatable bonds is 11. The molecule has 0 aliphatic heterocycles. The third kappa shape index (κ3) is 6.72. The first kappa shape index (κ1) is 29.1. The van der Waals surface area contributed by atoms with Crippen LogP contribution >= 0.6 is 23.1 Å². The van der Waals surface area contributed by atoms with Crippen molar-refractivity contribution >= 4 is 40.0 Å². The average molecular weight is 598 g/mol. The molecule has 2 heterocycles. The molecule has 2 aromatic heterocycles. The molecule has 0 unspecified atom stereocenters. The smallest absolute Gasteiger partial charge is 0.341 e. The maximum atomic E-state index is 13.9. The first-order valence-corrected chi connectivity index (χ1v) is 15.3. The van der Waals surface area contributed by atoms with Gasteiger partial charge in [0.15, 0.2) is 5.82 Å². The Bertz CT molecular complexity index is 1640. The van der Waals surface area contributed by atoms with Gasteiger partial charge in [-0.05, 0) is 35.6 Å². The van der Waals surface area contributed by atoms with Gasteiger partial charge in [-0.2, -0.15) is 0 Å². The van der Waals surface area contributed by atoms with E-state index in [1.54, 1.807) is 13.0 Å². The molecule has 10 heteroatoms. The molecular formula is C32H31N5O3S2. The number of hydrogen-bond acceptors (Lipinski definition) is 8. The summed E-state index contributed by atoms with van der Waals surface area (Å²) in [5, 5.41) is 11.8. The molecule has 1 amide bonds. The molecule has 0 aliphatic carbocycles. The van der Waals surface area contributed by atoms with Gasteiger partial charge >= 0.3 is 5.97 Å². The number of carbonyl (C=O) groups excluding carboxylic acids is 2. The van der Waals surface area contributed by atoms with Crippen LogP contribution in [0.25, 0.3) is 10.4 Å². The van der Waals surface area contributed by atoms with Crippen molar-refractivity contribution < 1.29 is 14.3 Å². The summed E-state index contributed by atoms with van der Waals surface area (Å²) in [6.45, 7) is 4.09. The Labute approximate surface area is 252 Å². The average Bonchev–Trinajstić information content (AvgIpc) is 3.60. The molecule has 0 fully saturated rings. The molecule has 0 saturated heterocycles. The van der Waals surface area contributed by atoms with E-state index in [9.17, 15) is 9.59 Å². The number of esters is 1. The van der Waals surface area contributed by atoms with Crippen molar-refractivity contribution in [3.8, 4) is 10.4 Å². The fourth-order valence-electron chi connectivity index (χ4n) is 4.47. The molecule has 214 valence electrons. The van der Waals surface area contributed by atoms with Crippen molar-refractivity contribution in [1.82, 2.24) is 14.9 Å². The van der Waals surface area contributed by atoms with E-state index in [1.165, 1.54) is 33.3 Å². The van der Waals surface area contributed by atoms with E-state index in [1.807, 2.05) is 78.9 Å². The summed E-state index contributed by atoms with van der Waals surface area (Å²) in [5.74, 6) is 6.45. The number of aromatic nitrogens is 3. The summed E-state index contributed by atoms with van der Waals surface area (Å²) in [6, 6.07) is 31.0. The third-order valence-electron chi connectivity index (χ3n) is 6.68. The van der Waals surface area contributed by atoms with Gasteiger partial charge in [0.25, 0.3) is 0 Å². The van der Waals surface area contributed by atoms with Crippen LogP contribution in [-0.2, 0) is 16.0 Å². The number of hydrogen-bond donors (Lipinski definition) is 2. The largest absolute Gasteiger partial charge is 0.462 e. The van der Waals surface area contributed by atoms with Crippen LogP contribution in [0.5, 0.6) is 0 Å². The lowest BCUT2D eigenvalue weighted by Crippen LogP contribution is -2.21. The molecule has 0 spiro atoms. The summed E-state index contributed by atoms with van der Waals surface area (Å²) in [4.78, 5) is 27.6. The number of amides is 1. The zero-order valence-corrected chi connectivity index (χ0v) is 24.9. The highest BCUT2D eigenvalue weighted by atomic mass is 32.2. The van der Waals surface area contributed by atoms with Crippen molar-refractivity contribution in [1.29, 1.82) is 0 Å².